The average molecular weight is 286 g/mol. The maximum absolute atomic E-state index is 5.15. The van der Waals surface area contributed by atoms with E-state index in [1.807, 2.05) is 32.0 Å². The normalized spacial score (nSPS) is 10.2. The van der Waals surface area contributed by atoms with Gasteiger partial charge in [0.1, 0.15) is 11.6 Å². The van der Waals surface area contributed by atoms with Gasteiger partial charge in [0.25, 0.3) is 0 Å². The average Bonchev–Trinajstić information content (AvgIpc) is 2.48. The van der Waals surface area contributed by atoms with Crippen LogP contribution in [-0.4, -0.2) is 30.2 Å². The number of aryl methyl sites for hydroxylation is 1. The van der Waals surface area contributed by atoms with Gasteiger partial charge < -0.3 is 15.4 Å². The second-order valence-corrected chi connectivity index (χ2v) is 4.77. The molecule has 0 aliphatic carbocycles. The van der Waals surface area contributed by atoms with Gasteiger partial charge in [-0.05, 0) is 38.0 Å². The van der Waals surface area contributed by atoms with Crippen LogP contribution in [0.3, 0.4) is 0 Å². The van der Waals surface area contributed by atoms with Gasteiger partial charge in [-0.15, -0.1) is 0 Å². The number of hydrogen-bond acceptors (Lipinski definition) is 5. The molecule has 0 fully saturated rings. The van der Waals surface area contributed by atoms with E-state index in [1.165, 1.54) is 5.56 Å². The fraction of sp³-hybridized carbons (Fsp3) is 0.375. The molecule has 2 aromatic rings. The van der Waals surface area contributed by atoms with E-state index < -0.39 is 0 Å². The highest BCUT2D eigenvalue weighted by atomic mass is 16.5. The van der Waals surface area contributed by atoms with Gasteiger partial charge in [0, 0.05) is 24.8 Å². The molecule has 5 nitrogen and oxygen atoms in total. The maximum Gasteiger partial charge on any atom is 0.224 e. The van der Waals surface area contributed by atoms with Crippen LogP contribution in [0.25, 0.3) is 0 Å². The SMILES string of the molecule is CCNc1nc(C)cc(NCCc2ccc(OC)cc2)n1. The Morgan fingerprint density at radius 3 is 2.52 bits per heavy atom. The molecule has 0 spiro atoms. The lowest BCUT2D eigenvalue weighted by Gasteiger charge is -2.09. The number of nitrogens with one attached hydrogen (secondary N) is 2. The molecule has 0 saturated carbocycles. The first kappa shape index (κ1) is 15.1. The van der Waals surface area contributed by atoms with E-state index >= 15 is 0 Å². The van der Waals surface area contributed by atoms with Gasteiger partial charge in [0.2, 0.25) is 5.95 Å². The van der Waals surface area contributed by atoms with Crippen LogP contribution in [-0.2, 0) is 6.42 Å². The first-order valence-electron chi connectivity index (χ1n) is 7.17. The summed E-state index contributed by atoms with van der Waals surface area (Å²) in [6.45, 7) is 5.64. The van der Waals surface area contributed by atoms with Gasteiger partial charge in [-0.2, -0.15) is 4.98 Å². The second-order valence-electron chi connectivity index (χ2n) is 4.77. The van der Waals surface area contributed by atoms with Crippen LogP contribution >= 0.6 is 0 Å². The Morgan fingerprint density at radius 2 is 1.86 bits per heavy atom. The lowest BCUT2D eigenvalue weighted by Crippen LogP contribution is -2.09. The number of nitrogens with zero attached hydrogens (tertiary/aromatic N) is 2. The molecule has 0 atom stereocenters. The largest absolute Gasteiger partial charge is 0.497 e. The zero-order valence-electron chi connectivity index (χ0n) is 12.8. The summed E-state index contributed by atoms with van der Waals surface area (Å²) in [6, 6.07) is 10.1. The monoisotopic (exact) mass is 286 g/mol. The lowest BCUT2D eigenvalue weighted by atomic mass is 10.1. The standard InChI is InChI=1S/C16H22N4O/c1-4-17-16-19-12(2)11-15(20-16)18-10-9-13-5-7-14(21-3)8-6-13/h5-8,11H,4,9-10H2,1-3H3,(H2,17,18,19,20). The molecule has 112 valence electrons. The molecule has 21 heavy (non-hydrogen) atoms. The predicted octanol–water partition coefficient (Wildman–Crippen LogP) is 2.88. The van der Waals surface area contributed by atoms with E-state index in [-0.39, 0.29) is 0 Å². The molecule has 0 aliphatic rings. The summed E-state index contributed by atoms with van der Waals surface area (Å²) in [7, 11) is 1.68. The molecule has 1 heterocycles. The van der Waals surface area contributed by atoms with Gasteiger partial charge in [-0.3, -0.25) is 0 Å². The number of rotatable bonds is 7. The Hall–Kier alpha value is -2.30. The zero-order valence-corrected chi connectivity index (χ0v) is 12.8. The molecule has 0 unspecified atom stereocenters. The molecule has 0 amide bonds. The first-order chi connectivity index (χ1) is 10.2. The third-order valence-electron chi connectivity index (χ3n) is 3.07. The maximum atomic E-state index is 5.15. The fourth-order valence-electron chi connectivity index (χ4n) is 2.02. The Kier molecular flexibility index (Phi) is 5.37. The van der Waals surface area contributed by atoms with Crippen molar-refractivity contribution in [1.29, 1.82) is 0 Å². The minimum Gasteiger partial charge on any atom is -0.497 e. The van der Waals surface area contributed by atoms with Crippen LogP contribution in [0.1, 0.15) is 18.2 Å². The quantitative estimate of drug-likeness (QED) is 0.819. The van der Waals surface area contributed by atoms with Crippen LogP contribution in [0.4, 0.5) is 11.8 Å². The van der Waals surface area contributed by atoms with Crippen LogP contribution in [0.15, 0.2) is 30.3 Å². The predicted molar refractivity (Wildman–Crippen MR) is 86.1 cm³/mol. The number of ether oxygens (including phenoxy) is 1. The Labute approximate surface area is 125 Å². The van der Waals surface area contributed by atoms with E-state index in [2.05, 4.69) is 32.7 Å². The molecule has 2 N–H and O–H groups in total. The molecule has 1 aromatic carbocycles. The number of hydrogen-bond donors (Lipinski definition) is 2. The zero-order chi connectivity index (χ0) is 15.1. The molecule has 0 radical (unpaired) electrons. The molecule has 5 heteroatoms. The number of benzene rings is 1. The first-order valence-corrected chi connectivity index (χ1v) is 7.17. The van der Waals surface area contributed by atoms with Crippen molar-refractivity contribution in [2.45, 2.75) is 20.3 Å². The van der Waals surface area contributed by atoms with E-state index in [0.717, 1.165) is 36.8 Å². The number of aromatic nitrogens is 2. The van der Waals surface area contributed by atoms with Crippen molar-refractivity contribution in [2.75, 3.05) is 30.8 Å². The van der Waals surface area contributed by atoms with Crippen molar-refractivity contribution in [3.63, 3.8) is 0 Å². The highest BCUT2D eigenvalue weighted by molar-refractivity contribution is 5.42. The molecular formula is C16H22N4O. The van der Waals surface area contributed by atoms with E-state index in [1.54, 1.807) is 7.11 Å². The van der Waals surface area contributed by atoms with Gasteiger partial charge in [-0.25, -0.2) is 4.98 Å². The summed E-state index contributed by atoms with van der Waals surface area (Å²) < 4.78 is 5.15. The number of anilines is 2. The van der Waals surface area contributed by atoms with Crippen molar-refractivity contribution in [1.82, 2.24) is 9.97 Å². The van der Waals surface area contributed by atoms with Crippen molar-refractivity contribution in [3.8, 4) is 5.75 Å². The lowest BCUT2D eigenvalue weighted by molar-refractivity contribution is 0.414. The topological polar surface area (TPSA) is 59.1 Å². The molecule has 2 rings (SSSR count). The second kappa shape index (κ2) is 7.47. The van der Waals surface area contributed by atoms with Crippen molar-refractivity contribution in [3.05, 3.63) is 41.6 Å². The Morgan fingerprint density at radius 1 is 1.10 bits per heavy atom. The molecule has 1 aromatic heterocycles. The molecular weight excluding hydrogens is 264 g/mol. The van der Waals surface area contributed by atoms with Gasteiger partial charge in [0.15, 0.2) is 0 Å². The van der Waals surface area contributed by atoms with E-state index in [0.29, 0.717) is 5.95 Å². The van der Waals surface area contributed by atoms with Crippen molar-refractivity contribution in [2.24, 2.45) is 0 Å². The van der Waals surface area contributed by atoms with Crippen molar-refractivity contribution >= 4 is 11.8 Å². The van der Waals surface area contributed by atoms with Crippen molar-refractivity contribution < 1.29 is 4.74 Å². The Balaban J connectivity index is 1.90. The summed E-state index contributed by atoms with van der Waals surface area (Å²) in [4.78, 5) is 8.76. The van der Waals surface area contributed by atoms with Gasteiger partial charge >= 0.3 is 0 Å². The summed E-state index contributed by atoms with van der Waals surface area (Å²) in [6.07, 6.45) is 0.934. The van der Waals surface area contributed by atoms with Gasteiger partial charge in [0.05, 0.1) is 7.11 Å². The molecule has 0 aliphatic heterocycles. The highest BCUT2D eigenvalue weighted by Crippen LogP contribution is 2.13. The number of methoxy groups -OCH3 is 1. The fourth-order valence-corrected chi connectivity index (χ4v) is 2.02. The smallest absolute Gasteiger partial charge is 0.224 e. The van der Waals surface area contributed by atoms with Gasteiger partial charge in [-0.1, -0.05) is 12.1 Å². The van der Waals surface area contributed by atoms with Crippen LogP contribution in [0.5, 0.6) is 5.75 Å². The van der Waals surface area contributed by atoms with Crippen LogP contribution in [0.2, 0.25) is 0 Å². The van der Waals surface area contributed by atoms with Crippen LogP contribution < -0.4 is 15.4 Å². The molecule has 0 bridgehead atoms. The summed E-state index contributed by atoms with van der Waals surface area (Å²) >= 11 is 0. The summed E-state index contributed by atoms with van der Waals surface area (Å²) in [5, 5.41) is 6.47. The van der Waals surface area contributed by atoms with E-state index in [4.69, 9.17) is 4.74 Å². The summed E-state index contributed by atoms with van der Waals surface area (Å²) in [5.41, 5.74) is 2.22. The highest BCUT2D eigenvalue weighted by Gasteiger charge is 2.01. The Bertz CT molecular complexity index is 569. The third-order valence-corrected chi connectivity index (χ3v) is 3.07. The minimum absolute atomic E-state index is 0.671. The molecule has 0 saturated heterocycles. The summed E-state index contributed by atoms with van der Waals surface area (Å²) in [5.74, 6) is 2.41. The van der Waals surface area contributed by atoms with Crippen LogP contribution in [0, 0.1) is 6.92 Å². The minimum atomic E-state index is 0.671. The third kappa shape index (κ3) is 4.63. The van der Waals surface area contributed by atoms with E-state index in [9.17, 15) is 0 Å².